The third-order valence-corrected chi connectivity index (χ3v) is 3.00. The van der Waals surface area contributed by atoms with Gasteiger partial charge in [0, 0.05) is 23.5 Å². The number of hydrogen-bond acceptors (Lipinski definition) is 6. The molecule has 2 unspecified atom stereocenters. The molecule has 2 aliphatic heterocycles. The van der Waals surface area contributed by atoms with E-state index in [0.717, 1.165) is 6.61 Å². The SMILES string of the molecule is C=C(C)C(=O)O.C=C(C)C(=O)OCC1CO1.ClCC1CO1.c1ccncc1. The van der Waals surface area contributed by atoms with Gasteiger partial charge < -0.3 is 19.3 Å². The van der Waals surface area contributed by atoms with Crippen molar-refractivity contribution in [2.75, 3.05) is 25.7 Å². The number of ether oxygens (including phenoxy) is 3. The maximum absolute atomic E-state index is 10.7. The largest absolute Gasteiger partial charge is 0.478 e. The van der Waals surface area contributed by atoms with Crippen LogP contribution in [0.2, 0.25) is 0 Å². The highest BCUT2D eigenvalue weighted by Crippen LogP contribution is 2.09. The molecule has 27 heavy (non-hydrogen) atoms. The van der Waals surface area contributed by atoms with E-state index in [0.29, 0.717) is 30.8 Å². The first-order valence-electron chi connectivity index (χ1n) is 8.13. The lowest BCUT2D eigenvalue weighted by atomic mass is 10.4. The highest BCUT2D eigenvalue weighted by atomic mass is 35.5. The summed E-state index contributed by atoms with van der Waals surface area (Å²) in [4.78, 5) is 24.1. The Morgan fingerprint density at radius 3 is 1.78 bits per heavy atom. The van der Waals surface area contributed by atoms with Crippen molar-refractivity contribution in [3.05, 3.63) is 54.9 Å². The zero-order valence-corrected chi connectivity index (χ0v) is 16.4. The summed E-state index contributed by atoms with van der Waals surface area (Å²) < 4.78 is 14.3. The molecule has 0 aromatic carbocycles. The predicted molar refractivity (Wildman–Crippen MR) is 103 cm³/mol. The van der Waals surface area contributed by atoms with Crippen LogP contribution in [0.4, 0.5) is 0 Å². The Bertz CT molecular complexity index is 546. The number of hydrogen-bond donors (Lipinski definition) is 1. The molecule has 3 rings (SSSR count). The molecule has 7 nitrogen and oxygen atoms in total. The number of aromatic nitrogens is 1. The Kier molecular flexibility index (Phi) is 13.7. The number of carbonyl (C=O) groups excluding carboxylic acids is 1. The summed E-state index contributed by atoms with van der Waals surface area (Å²) in [6.07, 6.45) is 4.04. The molecule has 0 saturated carbocycles. The number of alkyl halides is 1. The van der Waals surface area contributed by atoms with E-state index in [9.17, 15) is 9.59 Å². The number of esters is 1. The van der Waals surface area contributed by atoms with E-state index in [1.54, 1.807) is 19.3 Å². The van der Waals surface area contributed by atoms with Gasteiger partial charge in [-0.2, -0.15) is 0 Å². The maximum Gasteiger partial charge on any atom is 0.333 e. The molecule has 1 aromatic rings. The molecule has 1 N–H and O–H groups in total. The van der Waals surface area contributed by atoms with Crippen molar-refractivity contribution in [3.8, 4) is 0 Å². The van der Waals surface area contributed by atoms with E-state index in [1.165, 1.54) is 6.92 Å². The van der Waals surface area contributed by atoms with Crippen molar-refractivity contribution in [1.82, 2.24) is 4.98 Å². The number of carboxylic acids is 1. The molecule has 2 atom stereocenters. The number of carbonyl (C=O) groups is 2. The molecule has 2 saturated heterocycles. The van der Waals surface area contributed by atoms with Gasteiger partial charge in [0.2, 0.25) is 0 Å². The highest BCUT2D eigenvalue weighted by Gasteiger charge is 2.24. The molecule has 8 heteroatoms. The minimum absolute atomic E-state index is 0.142. The number of carboxylic acid groups (broad SMARTS) is 1. The van der Waals surface area contributed by atoms with Crippen LogP contribution in [0, 0.1) is 0 Å². The predicted octanol–water partition coefficient (Wildman–Crippen LogP) is 2.86. The summed E-state index contributed by atoms with van der Waals surface area (Å²) >= 11 is 5.27. The lowest BCUT2D eigenvalue weighted by Gasteiger charge is -1.99. The van der Waals surface area contributed by atoms with Crippen molar-refractivity contribution in [1.29, 1.82) is 0 Å². The van der Waals surface area contributed by atoms with Crippen LogP contribution in [0.1, 0.15) is 13.8 Å². The summed E-state index contributed by atoms with van der Waals surface area (Å²) in [7, 11) is 0. The Morgan fingerprint density at radius 1 is 1.11 bits per heavy atom. The topological polar surface area (TPSA) is 102 Å². The third kappa shape index (κ3) is 18.4. The summed E-state index contributed by atoms with van der Waals surface area (Å²) in [5.41, 5.74) is 0.607. The van der Waals surface area contributed by atoms with Crippen molar-refractivity contribution in [2.24, 2.45) is 0 Å². The number of epoxide rings is 2. The van der Waals surface area contributed by atoms with Crippen LogP contribution >= 0.6 is 11.6 Å². The fourth-order valence-corrected chi connectivity index (χ4v) is 1.10. The van der Waals surface area contributed by atoms with Crippen LogP contribution in [-0.2, 0) is 23.8 Å². The molecule has 150 valence electrons. The van der Waals surface area contributed by atoms with Gasteiger partial charge in [-0.05, 0) is 26.0 Å². The van der Waals surface area contributed by atoms with Gasteiger partial charge in [-0.15, -0.1) is 11.6 Å². The van der Waals surface area contributed by atoms with Crippen molar-refractivity contribution >= 4 is 23.5 Å². The van der Waals surface area contributed by atoms with E-state index >= 15 is 0 Å². The first-order valence-corrected chi connectivity index (χ1v) is 8.67. The minimum atomic E-state index is -0.935. The minimum Gasteiger partial charge on any atom is -0.478 e. The number of rotatable bonds is 5. The Balaban J connectivity index is 0.000000348. The van der Waals surface area contributed by atoms with Gasteiger partial charge in [0.15, 0.2) is 0 Å². The molecule has 2 aliphatic rings. The summed E-state index contributed by atoms with van der Waals surface area (Å²) in [6, 6.07) is 5.72. The zero-order chi connectivity index (χ0) is 20.7. The quantitative estimate of drug-likeness (QED) is 0.351. The average Bonchev–Trinajstić information content (AvgIpc) is 3.57. The highest BCUT2D eigenvalue weighted by molar-refractivity contribution is 6.18. The van der Waals surface area contributed by atoms with E-state index in [4.69, 9.17) is 30.9 Å². The van der Waals surface area contributed by atoms with Gasteiger partial charge >= 0.3 is 11.9 Å². The number of aliphatic carboxylic acids is 1. The first-order chi connectivity index (χ1) is 12.8. The van der Waals surface area contributed by atoms with Gasteiger partial charge in [0.25, 0.3) is 0 Å². The van der Waals surface area contributed by atoms with Crippen LogP contribution in [0.15, 0.2) is 54.9 Å². The van der Waals surface area contributed by atoms with Crippen LogP contribution in [-0.4, -0.2) is 59.9 Å². The van der Waals surface area contributed by atoms with Gasteiger partial charge in [0.1, 0.15) is 12.7 Å². The Morgan fingerprint density at radius 2 is 1.59 bits per heavy atom. The van der Waals surface area contributed by atoms with Crippen LogP contribution < -0.4 is 0 Å². The normalized spacial score (nSPS) is 17.9. The molecule has 0 bridgehead atoms. The van der Waals surface area contributed by atoms with E-state index in [-0.39, 0.29) is 17.6 Å². The van der Waals surface area contributed by atoms with Gasteiger partial charge in [0.05, 0.1) is 25.2 Å². The zero-order valence-electron chi connectivity index (χ0n) is 15.6. The molecular formula is C19H26ClNO6. The molecule has 0 aliphatic carbocycles. The number of nitrogens with zero attached hydrogens (tertiary/aromatic N) is 1. The van der Waals surface area contributed by atoms with Crippen molar-refractivity contribution < 1.29 is 28.9 Å². The molecule has 0 spiro atoms. The Hall–Kier alpha value is -2.22. The standard InChI is InChI=1S/C7H10O3.C5H5N.C4H6O2.C3H5ClO/c1-5(2)7(8)10-4-6-3-9-6;1-2-4-6-5-3-1;1-3(2)4(5)6;4-1-3-2-5-3/h6H,1,3-4H2,2H3;1-5H;1H2,2H3,(H,5,6);3H,1-2H2. The molecule has 3 heterocycles. The van der Waals surface area contributed by atoms with E-state index in [2.05, 4.69) is 18.1 Å². The average molecular weight is 400 g/mol. The Labute approximate surface area is 164 Å². The second-order valence-corrected chi connectivity index (χ2v) is 5.86. The molecule has 1 aromatic heterocycles. The van der Waals surface area contributed by atoms with E-state index < -0.39 is 5.97 Å². The molecule has 2 fully saturated rings. The number of halogens is 1. The fourth-order valence-electron chi connectivity index (χ4n) is 0.926. The first kappa shape index (κ1) is 24.8. The lowest BCUT2D eigenvalue weighted by molar-refractivity contribution is -0.139. The third-order valence-electron chi connectivity index (χ3n) is 2.66. The molecule has 0 radical (unpaired) electrons. The van der Waals surface area contributed by atoms with Crippen molar-refractivity contribution in [2.45, 2.75) is 26.1 Å². The second kappa shape index (κ2) is 14.9. The van der Waals surface area contributed by atoms with Gasteiger partial charge in [-0.1, -0.05) is 19.2 Å². The lowest BCUT2D eigenvalue weighted by Crippen LogP contribution is -2.09. The van der Waals surface area contributed by atoms with Crippen LogP contribution in [0.3, 0.4) is 0 Å². The fraction of sp³-hybridized carbons (Fsp3) is 0.421. The summed E-state index contributed by atoms with van der Waals surface area (Å²) in [5, 5.41) is 7.89. The molecular weight excluding hydrogens is 374 g/mol. The summed E-state index contributed by atoms with van der Waals surface area (Å²) in [5.74, 6) is -0.606. The van der Waals surface area contributed by atoms with Gasteiger partial charge in [-0.3, -0.25) is 4.98 Å². The second-order valence-electron chi connectivity index (χ2n) is 5.55. The molecule has 0 amide bonds. The van der Waals surface area contributed by atoms with Crippen LogP contribution in [0.5, 0.6) is 0 Å². The van der Waals surface area contributed by atoms with E-state index in [1.807, 2.05) is 18.2 Å². The van der Waals surface area contributed by atoms with Gasteiger partial charge in [-0.25, -0.2) is 9.59 Å². The summed E-state index contributed by atoms with van der Waals surface area (Å²) in [6.45, 7) is 11.6. The van der Waals surface area contributed by atoms with Crippen LogP contribution in [0.25, 0.3) is 0 Å². The van der Waals surface area contributed by atoms with Crippen molar-refractivity contribution in [3.63, 3.8) is 0 Å². The monoisotopic (exact) mass is 399 g/mol. The number of pyridine rings is 1. The maximum atomic E-state index is 10.7. The smallest absolute Gasteiger partial charge is 0.333 e.